The average Bonchev–Trinajstić information content (AvgIpc) is 3.16. The van der Waals surface area contributed by atoms with E-state index in [1.54, 1.807) is 41.0 Å². The van der Waals surface area contributed by atoms with E-state index >= 15 is 0 Å². The maximum absolute atomic E-state index is 12.2. The van der Waals surface area contributed by atoms with Crippen LogP contribution in [0.25, 0.3) is 10.9 Å². The number of rotatable bonds is 10. The van der Waals surface area contributed by atoms with Crippen LogP contribution in [0.3, 0.4) is 0 Å². The van der Waals surface area contributed by atoms with Crippen LogP contribution >= 0.6 is 0 Å². The highest BCUT2D eigenvalue weighted by Crippen LogP contribution is 2.22. The molecule has 0 radical (unpaired) electrons. The molecule has 0 aliphatic carbocycles. The van der Waals surface area contributed by atoms with Crippen molar-refractivity contribution in [2.24, 2.45) is 0 Å². The second-order valence-electron chi connectivity index (χ2n) is 6.96. The quantitative estimate of drug-likeness (QED) is 0.468. The normalized spacial score (nSPS) is 10.8. The lowest BCUT2D eigenvalue weighted by Gasteiger charge is -2.09. The van der Waals surface area contributed by atoms with Crippen LogP contribution in [0.4, 0.5) is 8.78 Å². The van der Waals surface area contributed by atoms with Crippen LogP contribution in [-0.4, -0.2) is 49.3 Å². The van der Waals surface area contributed by atoms with E-state index in [4.69, 9.17) is 9.47 Å². The van der Waals surface area contributed by atoms with Gasteiger partial charge in [-0.1, -0.05) is 30.3 Å². The molecule has 8 nitrogen and oxygen atoms in total. The molecule has 0 aliphatic rings. The molecular formula is C23H22F2N2O6. The van der Waals surface area contributed by atoms with E-state index in [2.05, 4.69) is 10.1 Å². The summed E-state index contributed by atoms with van der Waals surface area (Å²) in [7, 11) is 1.28. The molecule has 3 rings (SSSR count). The fourth-order valence-electron chi connectivity index (χ4n) is 3.22. The number of amides is 1. The van der Waals surface area contributed by atoms with Gasteiger partial charge in [-0.05, 0) is 30.2 Å². The first-order chi connectivity index (χ1) is 15.9. The van der Waals surface area contributed by atoms with Crippen LogP contribution in [0.5, 0.6) is 5.75 Å². The number of hydrogen-bond acceptors (Lipinski definition) is 6. The van der Waals surface area contributed by atoms with Crippen LogP contribution < -0.4 is 10.1 Å². The van der Waals surface area contributed by atoms with Gasteiger partial charge in [0.2, 0.25) is 0 Å². The number of benzene rings is 2. The topological polar surface area (TPSA) is 95.9 Å². The van der Waals surface area contributed by atoms with Crippen molar-refractivity contribution in [3.8, 4) is 5.75 Å². The summed E-state index contributed by atoms with van der Waals surface area (Å²) in [5, 5.41) is 3.26. The molecule has 2 aromatic carbocycles. The first-order valence-electron chi connectivity index (χ1n) is 9.99. The number of para-hydroxylation sites is 1. The number of methoxy groups -OCH3 is 1. The zero-order chi connectivity index (χ0) is 23.8. The van der Waals surface area contributed by atoms with Crippen LogP contribution in [0.1, 0.15) is 15.9 Å². The number of esters is 2. The molecule has 1 amide bonds. The van der Waals surface area contributed by atoms with Crippen molar-refractivity contribution in [3.05, 3.63) is 65.9 Å². The third kappa shape index (κ3) is 6.52. The molecule has 1 aromatic heterocycles. The number of alkyl halides is 2. The summed E-state index contributed by atoms with van der Waals surface area (Å²) >= 11 is 0. The summed E-state index contributed by atoms with van der Waals surface area (Å²) in [6.45, 7) is -3.25. The lowest BCUT2D eigenvalue weighted by Crippen LogP contribution is -2.31. The first kappa shape index (κ1) is 23.7. The van der Waals surface area contributed by atoms with E-state index in [0.717, 1.165) is 5.56 Å². The highest BCUT2D eigenvalue weighted by Gasteiger charge is 2.17. The van der Waals surface area contributed by atoms with Gasteiger partial charge in [0.25, 0.3) is 5.91 Å². The van der Waals surface area contributed by atoms with E-state index in [-0.39, 0.29) is 18.8 Å². The minimum Gasteiger partial charge on any atom is -0.465 e. The Morgan fingerprint density at radius 1 is 1.06 bits per heavy atom. The third-order valence-corrected chi connectivity index (χ3v) is 4.74. The van der Waals surface area contributed by atoms with Gasteiger partial charge in [0.1, 0.15) is 12.3 Å². The van der Waals surface area contributed by atoms with E-state index < -0.39 is 31.1 Å². The van der Waals surface area contributed by atoms with Crippen molar-refractivity contribution in [2.45, 2.75) is 19.6 Å². The van der Waals surface area contributed by atoms with Crippen molar-refractivity contribution in [1.82, 2.24) is 9.88 Å². The highest BCUT2D eigenvalue weighted by atomic mass is 19.3. The molecule has 0 bridgehead atoms. The number of aromatic nitrogens is 1. The predicted molar refractivity (Wildman–Crippen MR) is 114 cm³/mol. The molecule has 0 spiro atoms. The molecule has 0 saturated carbocycles. The van der Waals surface area contributed by atoms with Gasteiger partial charge in [0.15, 0.2) is 6.61 Å². The van der Waals surface area contributed by atoms with Crippen LogP contribution in [-0.2, 0) is 32.0 Å². The molecule has 1 heterocycles. The molecule has 0 aliphatic heterocycles. The second kappa shape index (κ2) is 11.1. The van der Waals surface area contributed by atoms with Gasteiger partial charge in [-0.2, -0.15) is 8.78 Å². The van der Waals surface area contributed by atoms with Crippen molar-refractivity contribution < 1.29 is 37.4 Å². The van der Waals surface area contributed by atoms with Gasteiger partial charge in [-0.15, -0.1) is 0 Å². The third-order valence-electron chi connectivity index (χ3n) is 4.74. The number of nitrogens with one attached hydrogen (secondary N) is 1. The summed E-state index contributed by atoms with van der Waals surface area (Å²) < 4.78 is 40.0. The van der Waals surface area contributed by atoms with Crippen molar-refractivity contribution in [2.75, 3.05) is 20.3 Å². The fourth-order valence-corrected chi connectivity index (χ4v) is 3.22. The number of nitrogens with zero attached hydrogens (tertiary/aromatic N) is 1. The monoisotopic (exact) mass is 460 g/mol. The van der Waals surface area contributed by atoms with E-state index in [1.165, 1.54) is 25.4 Å². The van der Waals surface area contributed by atoms with Gasteiger partial charge in [0.05, 0.1) is 12.7 Å². The standard InChI is InChI=1S/C23H22F2N2O6/c1-31-22(30)18-12-27(19-5-3-2-4-17(18)19)13-21(29)32-14-20(28)26-11-10-15-6-8-16(9-7-15)33-23(24)25/h2-9,12,23H,10-11,13-14H2,1H3,(H,26,28). The molecule has 0 fully saturated rings. The van der Waals surface area contributed by atoms with Gasteiger partial charge in [-0.25, -0.2) is 4.79 Å². The summed E-state index contributed by atoms with van der Waals surface area (Å²) in [6, 6.07) is 13.1. The van der Waals surface area contributed by atoms with Crippen molar-refractivity contribution >= 4 is 28.7 Å². The number of hydrogen-bond donors (Lipinski definition) is 1. The number of ether oxygens (including phenoxy) is 3. The summed E-state index contributed by atoms with van der Waals surface area (Å²) in [5.41, 5.74) is 1.80. The second-order valence-corrected chi connectivity index (χ2v) is 6.96. The summed E-state index contributed by atoms with van der Waals surface area (Å²) in [5.74, 6) is -1.58. The molecular weight excluding hydrogens is 438 g/mol. The van der Waals surface area contributed by atoms with E-state index in [0.29, 0.717) is 22.9 Å². The molecule has 174 valence electrons. The SMILES string of the molecule is COC(=O)c1cn(CC(=O)OCC(=O)NCCc2ccc(OC(F)F)cc2)c2ccccc12. The largest absolute Gasteiger partial charge is 0.465 e. The van der Waals surface area contributed by atoms with Crippen LogP contribution in [0, 0.1) is 0 Å². The predicted octanol–water partition coefficient (Wildman–Crippen LogP) is 2.93. The number of carbonyl (C=O) groups is 3. The molecule has 33 heavy (non-hydrogen) atoms. The number of halogens is 2. The molecule has 10 heteroatoms. The lowest BCUT2D eigenvalue weighted by atomic mass is 10.1. The highest BCUT2D eigenvalue weighted by molar-refractivity contribution is 6.04. The Morgan fingerprint density at radius 2 is 1.79 bits per heavy atom. The maximum atomic E-state index is 12.2. The Balaban J connectivity index is 1.45. The summed E-state index contributed by atoms with van der Waals surface area (Å²) in [4.78, 5) is 36.1. The Morgan fingerprint density at radius 3 is 2.48 bits per heavy atom. The zero-order valence-corrected chi connectivity index (χ0v) is 17.8. The lowest BCUT2D eigenvalue weighted by molar-refractivity contribution is -0.149. The molecule has 0 unspecified atom stereocenters. The van der Waals surface area contributed by atoms with Gasteiger partial charge >= 0.3 is 18.6 Å². The minimum atomic E-state index is -2.89. The van der Waals surface area contributed by atoms with Crippen LogP contribution in [0.2, 0.25) is 0 Å². The molecule has 1 N–H and O–H groups in total. The molecule has 0 saturated heterocycles. The average molecular weight is 460 g/mol. The van der Waals surface area contributed by atoms with E-state index in [1.807, 2.05) is 0 Å². The minimum absolute atomic E-state index is 0.0545. The smallest absolute Gasteiger partial charge is 0.387 e. The number of carbonyl (C=O) groups excluding carboxylic acids is 3. The van der Waals surface area contributed by atoms with Crippen LogP contribution in [0.15, 0.2) is 54.7 Å². The van der Waals surface area contributed by atoms with E-state index in [9.17, 15) is 23.2 Å². The van der Waals surface area contributed by atoms with Gasteiger partial charge < -0.3 is 24.1 Å². The Labute approximate surface area is 188 Å². The molecule has 0 atom stereocenters. The van der Waals surface area contributed by atoms with Crippen molar-refractivity contribution in [1.29, 1.82) is 0 Å². The zero-order valence-electron chi connectivity index (χ0n) is 17.8. The maximum Gasteiger partial charge on any atom is 0.387 e. The number of fused-ring (bicyclic) bond motifs is 1. The van der Waals surface area contributed by atoms with Crippen molar-refractivity contribution in [3.63, 3.8) is 0 Å². The summed E-state index contributed by atoms with van der Waals surface area (Å²) in [6.07, 6.45) is 1.97. The van der Waals surface area contributed by atoms with Gasteiger partial charge in [-0.3, -0.25) is 9.59 Å². The van der Waals surface area contributed by atoms with Gasteiger partial charge in [0, 0.05) is 23.6 Å². The fraction of sp³-hybridized carbons (Fsp3) is 0.261. The Bertz CT molecular complexity index is 1130. The Hall–Kier alpha value is -3.95. The molecule has 3 aromatic rings. The first-order valence-corrected chi connectivity index (χ1v) is 9.99. The Kier molecular flexibility index (Phi) is 7.96.